The van der Waals surface area contributed by atoms with Gasteiger partial charge in [0.25, 0.3) is 5.56 Å². The molecule has 0 saturated carbocycles. The number of benzene rings is 2. The molecule has 8 nitrogen and oxygen atoms in total. The molecule has 1 saturated heterocycles. The van der Waals surface area contributed by atoms with E-state index in [1.807, 2.05) is 13.0 Å². The summed E-state index contributed by atoms with van der Waals surface area (Å²) >= 11 is 0. The van der Waals surface area contributed by atoms with Crippen molar-refractivity contribution < 1.29 is 18.3 Å². The summed E-state index contributed by atoms with van der Waals surface area (Å²) in [5.74, 6) is 0.411. The zero-order chi connectivity index (χ0) is 26.6. The van der Waals surface area contributed by atoms with Crippen molar-refractivity contribution in [2.45, 2.75) is 51.0 Å². The van der Waals surface area contributed by atoms with Gasteiger partial charge in [-0.1, -0.05) is 44.9 Å². The third-order valence-corrected chi connectivity index (χ3v) is 8.58. The normalized spacial score (nSPS) is 16.1. The van der Waals surface area contributed by atoms with E-state index in [9.17, 15) is 18.3 Å². The first-order valence-corrected chi connectivity index (χ1v) is 14.2. The summed E-state index contributed by atoms with van der Waals surface area (Å²) in [5.41, 5.74) is 0.434. The minimum atomic E-state index is -3.67. The Morgan fingerprint density at radius 1 is 1.00 bits per heavy atom. The van der Waals surface area contributed by atoms with Crippen molar-refractivity contribution >= 4 is 27.0 Å². The molecule has 198 valence electrons. The van der Waals surface area contributed by atoms with Crippen molar-refractivity contribution in [1.29, 1.82) is 0 Å². The van der Waals surface area contributed by atoms with Crippen molar-refractivity contribution in [2.24, 2.45) is 10.9 Å². The van der Waals surface area contributed by atoms with E-state index in [2.05, 4.69) is 18.8 Å². The molecule has 0 radical (unpaired) electrons. The van der Waals surface area contributed by atoms with E-state index in [1.165, 1.54) is 21.0 Å². The number of hydrogen-bond donors (Lipinski definition) is 1. The SMILES string of the molecule is CC(C)CCC[C@@H](C)N=Cc1c(O)n(-c2ccc(S(=O)(=O)N3CCOCC3)cc2)c(=O)c2ccccc12. The first kappa shape index (κ1) is 27.0. The lowest BCUT2D eigenvalue weighted by Gasteiger charge is -2.26. The van der Waals surface area contributed by atoms with Gasteiger partial charge >= 0.3 is 0 Å². The molecule has 0 bridgehead atoms. The molecule has 1 aliphatic heterocycles. The zero-order valence-corrected chi connectivity index (χ0v) is 22.4. The number of aromatic nitrogens is 1. The van der Waals surface area contributed by atoms with Gasteiger partial charge in [0, 0.05) is 36.1 Å². The van der Waals surface area contributed by atoms with Gasteiger partial charge in [0.2, 0.25) is 15.9 Å². The quantitative estimate of drug-likeness (QED) is 0.419. The van der Waals surface area contributed by atoms with E-state index in [0.717, 1.165) is 19.3 Å². The van der Waals surface area contributed by atoms with Gasteiger partial charge in [-0.2, -0.15) is 4.31 Å². The highest BCUT2D eigenvalue weighted by atomic mass is 32.2. The maximum Gasteiger partial charge on any atom is 0.265 e. The van der Waals surface area contributed by atoms with Gasteiger partial charge < -0.3 is 9.84 Å². The molecule has 0 aliphatic carbocycles. The number of rotatable bonds is 9. The minimum absolute atomic E-state index is 0.0713. The summed E-state index contributed by atoms with van der Waals surface area (Å²) in [6.07, 6.45) is 4.79. The molecule has 0 amide bonds. The van der Waals surface area contributed by atoms with Crippen LogP contribution in [0.15, 0.2) is 63.2 Å². The topological polar surface area (TPSA) is 101 Å². The monoisotopic (exact) mass is 525 g/mol. The molecule has 0 unspecified atom stereocenters. The van der Waals surface area contributed by atoms with E-state index in [0.29, 0.717) is 54.2 Å². The fourth-order valence-corrected chi connectivity index (χ4v) is 5.94. The van der Waals surface area contributed by atoms with E-state index < -0.39 is 10.0 Å². The van der Waals surface area contributed by atoms with Gasteiger partial charge in [0.15, 0.2) is 0 Å². The van der Waals surface area contributed by atoms with Gasteiger partial charge in [0.1, 0.15) is 0 Å². The maximum atomic E-state index is 13.4. The summed E-state index contributed by atoms with van der Waals surface area (Å²) in [4.78, 5) is 18.2. The largest absolute Gasteiger partial charge is 0.494 e. The third kappa shape index (κ3) is 5.95. The molecule has 0 spiro atoms. The summed E-state index contributed by atoms with van der Waals surface area (Å²) in [6, 6.07) is 13.2. The highest BCUT2D eigenvalue weighted by molar-refractivity contribution is 7.89. The third-order valence-electron chi connectivity index (χ3n) is 6.67. The average Bonchev–Trinajstić information content (AvgIpc) is 2.89. The number of fused-ring (bicyclic) bond motifs is 1. The van der Waals surface area contributed by atoms with Gasteiger partial charge in [-0.25, -0.2) is 13.0 Å². The number of morpholine rings is 1. The highest BCUT2D eigenvalue weighted by Gasteiger charge is 2.26. The van der Waals surface area contributed by atoms with Crippen molar-refractivity contribution in [1.82, 2.24) is 8.87 Å². The first-order chi connectivity index (χ1) is 17.7. The second-order valence-corrected chi connectivity index (χ2v) is 11.8. The standard InChI is InChI=1S/C28H35N3O5S/c1-20(2)7-6-8-21(3)29-19-26-24-9-4-5-10-25(24)27(32)31(28(26)33)22-11-13-23(14-12-22)37(34,35)30-15-17-36-18-16-30/h4-5,9-14,19-21,33H,6-8,15-18H2,1-3H3/t21-/m1/s1. The van der Waals surface area contributed by atoms with E-state index in [1.54, 1.807) is 36.5 Å². The molecular formula is C28H35N3O5S. The summed E-state index contributed by atoms with van der Waals surface area (Å²) < 4.78 is 33.8. The second kappa shape index (κ2) is 11.6. The van der Waals surface area contributed by atoms with Crippen LogP contribution in [0.2, 0.25) is 0 Å². The molecule has 1 aliphatic rings. The highest BCUT2D eigenvalue weighted by Crippen LogP contribution is 2.27. The molecule has 1 N–H and O–H groups in total. The Bertz CT molecular complexity index is 1420. The minimum Gasteiger partial charge on any atom is -0.494 e. The second-order valence-electron chi connectivity index (χ2n) is 9.89. The molecule has 2 aromatic carbocycles. The Kier molecular flexibility index (Phi) is 8.46. The Labute approximate surface area is 218 Å². The van der Waals surface area contributed by atoms with E-state index in [-0.39, 0.29) is 22.4 Å². The average molecular weight is 526 g/mol. The lowest BCUT2D eigenvalue weighted by molar-refractivity contribution is 0.0730. The Hall–Kier alpha value is -3.01. The van der Waals surface area contributed by atoms with E-state index in [4.69, 9.17) is 4.74 Å². The lowest BCUT2D eigenvalue weighted by atomic mass is 10.0. The number of nitrogens with zero attached hydrogens (tertiary/aromatic N) is 3. The van der Waals surface area contributed by atoms with Crippen LogP contribution in [0, 0.1) is 5.92 Å². The predicted octanol–water partition coefficient (Wildman–Crippen LogP) is 4.35. The van der Waals surface area contributed by atoms with Crippen LogP contribution >= 0.6 is 0 Å². The summed E-state index contributed by atoms with van der Waals surface area (Å²) in [6.45, 7) is 7.76. The van der Waals surface area contributed by atoms with Gasteiger partial charge in [-0.05, 0) is 49.6 Å². The molecule has 37 heavy (non-hydrogen) atoms. The first-order valence-electron chi connectivity index (χ1n) is 12.8. The Balaban J connectivity index is 1.71. The van der Waals surface area contributed by atoms with Crippen molar-refractivity contribution in [2.75, 3.05) is 26.3 Å². The molecule has 1 atom stereocenters. The van der Waals surface area contributed by atoms with Gasteiger partial charge in [-0.15, -0.1) is 0 Å². The molecule has 9 heteroatoms. The molecular weight excluding hydrogens is 490 g/mol. The van der Waals surface area contributed by atoms with Crippen LogP contribution in [0.5, 0.6) is 5.88 Å². The Morgan fingerprint density at radius 3 is 2.30 bits per heavy atom. The van der Waals surface area contributed by atoms with Gasteiger partial charge in [-0.3, -0.25) is 9.79 Å². The fraction of sp³-hybridized carbons (Fsp3) is 0.429. The van der Waals surface area contributed by atoms with Crippen molar-refractivity contribution in [3.63, 3.8) is 0 Å². The van der Waals surface area contributed by atoms with E-state index >= 15 is 0 Å². The van der Waals surface area contributed by atoms with Crippen molar-refractivity contribution in [3.8, 4) is 11.6 Å². The molecule has 3 aromatic rings. The number of aromatic hydroxyl groups is 1. The molecule has 2 heterocycles. The van der Waals surface area contributed by atoms with Crippen LogP contribution in [0.1, 0.15) is 45.6 Å². The van der Waals surface area contributed by atoms with Crippen LogP contribution < -0.4 is 5.56 Å². The summed E-state index contributed by atoms with van der Waals surface area (Å²) in [5, 5.41) is 12.3. The maximum absolute atomic E-state index is 13.4. The number of aliphatic imine (C=N–C) groups is 1. The van der Waals surface area contributed by atoms with Crippen LogP contribution in [0.25, 0.3) is 16.5 Å². The smallest absolute Gasteiger partial charge is 0.265 e. The van der Waals surface area contributed by atoms with Crippen LogP contribution in [-0.4, -0.2) is 61.0 Å². The molecule has 1 aromatic heterocycles. The number of ether oxygens (including phenoxy) is 1. The number of hydrogen-bond acceptors (Lipinski definition) is 6. The molecule has 4 rings (SSSR count). The zero-order valence-electron chi connectivity index (χ0n) is 21.6. The van der Waals surface area contributed by atoms with Crippen LogP contribution in [0.3, 0.4) is 0 Å². The Morgan fingerprint density at radius 2 is 1.65 bits per heavy atom. The summed E-state index contributed by atoms with van der Waals surface area (Å²) in [7, 11) is -3.67. The van der Waals surface area contributed by atoms with Crippen LogP contribution in [0.4, 0.5) is 0 Å². The predicted molar refractivity (Wildman–Crippen MR) is 147 cm³/mol. The van der Waals surface area contributed by atoms with Crippen LogP contribution in [-0.2, 0) is 14.8 Å². The lowest BCUT2D eigenvalue weighted by Crippen LogP contribution is -2.40. The molecule has 1 fully saturated rings. The number of pyridine rings is 1. The van der Waals surface area contributed by atoms with Crippen molar-refractivity contribution in [3.05, 3.63) is 64.4 Å². The van der Waals surface area contributed by atoms with Gasteiger partial charge in [0.05, 0.1) is 29.4 Å². The number of sulfonamides is 1. The fourth-order valence-electron chi connectivity index (χ4n) is 4.53.